The molecule has 1 aromatic carbocycles. The van der Waals surface area contributed by atoms with E-state index in [1.165, 1.54) is 43.8 Å². The number of aliphatic hydroxyl groups is 1. The van der Waals surface area contributed by atoms with Crippen LogP contribution in [-0.4, -0.2) is 49.2 Å². The average Bonchev–Trinajstić information content (AvgIpc) is 3.12. The summed E-state index contributed by atoms with van der Waals surface area (Å²) < 4.78 is 86.1. The third kappa shape index (κ3) is 5.40. The average molecular weight is 583 g/mol. The minimum atomic E-state index is -6.03. The maximum absolute atomic E-state index is 13.4. The maximum Gasteiger partial charge on any atom is 0.430 e. The molecule has 0 aliphatic carbocycles. The molecule has 9 nitrogen and oxygen atoms in total. The highest BCUT2D eigenvalue weighted by Gasteiger charge is 2.71. The molecule has 3 aromatic rings. The molecule has 1 aliphatic rings. The maximum atomic E-state index is 13.4. The van der Waals surface area contributed by atoms with Gasteiger partial charge in [0, 0.05) is 30.2 Å². The molecule has 0 saturated carbocycles. The topological polar surface area (TPSA) is 118 Å². The number of aryl methyl sites for hydroxylation is 1. The molecule has 0 radical (unpaired) electrons. The molecule has 0 bridgehead atoms. The summed E-state index contributed by atoms with van der Waals surface area (Å²) in [6, 6.07) is 4.06. The van der Waals surface area contributed by atoms with E-state index in [-0.39, 0.29) is 41.4 Å². The number of aromatic nitrogens is 3. The first-order valence-corrected chi connectivity index (χ1v) is 12.1. The van der Waals surface area contributed by atoms with Crippen molar-refractivity contribution in [2.75, 3.05) is 0 Å². The number of benzene rings is 1. The molecule has 3 heterocycles. The number of carbonyl (C=O) groups is 2. The molecule has 15 heteroatoms. The zero-order valence-electron chi connectivity index (χ0n) is 21.5. The fourth-order valence-corrected chi connectivity index (χ4v) is 4.32. The number of nitrogens with zero attached hydrogens (tertiary/aromatic N) is 4. The number of alkyl halides is 6. The van der Waals surface area contributed by atoms with Gasteiger partial charge < -0.3 is 15.2 Å². The van der Waals surface area contributed by atoms with Gasteiger partial charge in [-0.25, -0.2) is 4.79 Å². The summed E-state index contributed by atoms with van der Waals surface area (Å²) >= 11 is 0. The van der Waals surface area contributed by atoms with E-state index in [0.29, 0.717) is 18.6 Å². The van der Waals surface area contributed by atoms with Crippen molar-refractivity contribution in [1.29, 1.82) is 0 Å². The van der Waals surface area contributed by atoms with Gasteiger partial charge in [-0.2, -0.15) is 26.3 Å². The number of nitrogens with one attached hydrogen (secondary N) is 1. The van der Waals surface area contributed by atoms with E-state index in [2.05, 4.69) is 20.3 Å². The number of ether oxygens (including phenoxy) is 1. The van der Waals surface area contributed by atoms with Gasteiger partial charge in [0.1, 0.15) is 11.5 Å². The predicted octanol–water partition coefficient (Wildman–Crippen LogP) is 4.90. The Morgan fingerprint density at radius 3 is 2.32 bits per heavy atom. The second kappa shape index (κ2) is 10.6. The molecular formula is C26H23F6N5O4. The highest BCUT2D eigenvalue weighted by Crippen LogP contribution is 2.50. The summed E-state index contributed by atoms with van der Waals surface area (Å²) in [6.45, 7) is 2.86. The van der Waals surface area contributed by atoms with Crippen molar-refractivity contribution in [2.24, 2.45) is 0 Å². The Balaban J connectivity index is 1.60. The molecule has 3 amide bonds. The van der Waals surface area contributed by atoms with Crippen LogP contribution in [0.4, 0.5) is 31.1 Å². The second-order valence-corrected chi connectivity index (χ2v) is 9.40. The van der Waals surface area contributed by atoms with Crippen LogP contribution in [0.1, 0.15) is 42.8 Å². The number of halogens is 6. The van der Waals surface area contributed by atoms with Crippen molar-refractivity contribution in [1.82, 2.24) is 25.2 Å². The predicted molar refractivity (Wildman–Crippen MR) is 129 cm³/mol. The Hall–Kier alpha value is -4.27. The van der Waals surface area contributed by atoms with Gasteiger partial charge in [-0.3, -0.25) is 24.6 Å². The molecular weight excluding hydrogens is 560 g/mol. The second-order valence-electron chi connectivity index (χ2n) is 9.40. The summed E-state index contributed by atoms with van der Waals surface area (Å²) in [7, 11) is 0. The first-order valence-electron chi connectivity index (χ1n) is 12.1. The van der Waals surface area contributed by atoms with Gasteiger partial charge in [-0.05, 0) is 37.1 Å². The van der Waals surface area contributed by atoms with Crippen molar-refractivity contribution in [3.05, 3.63) is 77.6 Å². The molecule has 1 atom stereocenters. The van der Waals surface area contributed by atoms with Gasteiger partial charge >= 0.3 is 18.4 Å². The third-order valence-electron chi connectivity index (χ3n) is 6.50. The lowest BCUT2D eigenvalue weighted by Gasteiger charge is -2.33. The summed E-state index contributed by atoms with van der Waals surface area (Å²) in [5.41, 5.74) is -7.52. The van der Waals surface area contributed by atoms with Gasteiger partial charge in [-0.1, -0.05) is 19.4 Å². The summed E-state index contributed by atoms with van der Waals surface area (Å²) in [6.07, 6.45) is -6.25. The molecule has 2 aromatic heterocycles. The standard InChI is InChI=1S/C26H23F6N5O4/c1-3-4-15-11-16(24(40,25(27,28)29)26(30,31)32)5-6-19(15)41-18-7-8-34-17(12-18)14-37-21(38)23(2,36-22(37)39)20-13-33-9-10-35-20/h5-13,40H,3-4,14H2,1-2H3,(H,36,39). The number of rotatable bonds is 8. The van der Waals surface area contributed by atoms with Gasteiger partial charge in [0.15, 0.2) is 5.54 Å². The lowest BCUT2D eigenvalue weighted by molar-refractivity contribution is -0.376. The molecule has 1 unspecified atom stereocenters. The summed E-state index contributed by atoms with van der Waals surface area (Å²) in [5, 5.41) is 12.4. The van der Waals surface area contributed by atoms with Crippen LogP contribution in [0.25, 0.3) is 0 Å². The van der Waals surface area contributed by atoms with Crippen LogP contribution in [-0.2, 0) is 28.9 Å². The Bertz CT molecular complexity index is 1440. The quantitative estimate of drug-likeness (QED) is 0.286. The Labute approximate surface area is 229 Å². The highest BCUT2D eigenvalue weighted by atomic mass is 19.4. The molecule has 1 saturated heterocycles. The monoisotopic (exact) mass is 583 g/mol. The normalized spacial score (nSPS) is 18.0. The third-order valence-corrected chi connectivity index (χ3v) is 6.50. The Morgan fingerprint density at radius 1 is 1.00 bits per heavy atom. The fraction of sp³-hybridized carbons (Fsp3) is 0.346. The van der Waals surface area contributed by atoms with Crippen LogP contribution < -0.4 is 10.1 Å². The van der Waals surface area contributed by atoms with Crippen LogP contribution in [0.5, 0.6) is 11.5 Å². The Morgan fingerprint density at radius 2 is 1.71 bits per heavy atom. The minimum absolute atomic E-state index is 0.0101. The summed E-state index contributed by atoms with van der Waals surface area (Å²) in [5.74, 6) is -0.575. The number of hydrogen-bond acceptors (Lipinski definition) is 7. The van der Waals surface area contributed by atoms with E-state index in [4.69, 9.17) is 4.74 Å². The minimum Gasteiger partial charge on any atom is -0.457 e. The van der Waals surface area contributed by atoms with E-state index < -0.39 is 41.0 Å². The van der Waals surface area contributed by atoms with Gasteiger partial charge in [0.25, 0.3) is 11.5 Å². The number of pyridine rings is 1. The zero-order valence-corrected chi connectivity index (χ0v) is 21.5. The fourth-order valence-electron chi connectivity index (χ4n) is 4.32. The number of amides is 3. The molecule has 0 spiro atoms. The molecule has 1 fully saturated rings. The van der Waals surface area contributed by atoms with Crippen molar-refractivity contribution in [2.45, 2.75) is 56.7 Å². The lowest BCUT2D eigenvalue weighted by atomic mass is 9.90. The number of urea groups is 1. The Kier molecular flexibility index (Phi) is 7.69. The van der Waals surface area contributed by atoms with Crippen LogP contribution in [0, 0.1) is 0 Å². The molecule has 41 heavy (non-hydrogen) atoms. The number of imide groups is 1. The van der Waals surface area contributed by atoms with Crippen molar-refractivity contribution < 1.29 is 45.8 Å². The molecule has 218 valence electrons. The van der Waals surface area contributed by atoms with Crippen molar-refractivity contribution in [3.8, 4) is 11.5 Å². The van der Waals surface area contributed by atoms with Gasteiger partial charge in [0.05, 0.1) is 24.1 Å². The number of hydrogen-bond donors (Lipinski definition) is 2. The smallest absolute Gasteiger partial charge is 0.430 e. The van der Waals surface area contributed by atoms with Crippen molar-refractivity contribution in [3.63, 3.8) is 0 Å². The van der Waals surface area contributed by atoms with E-state index in [1.54, 1.807) is 6.92 Å². The van der Waals surface area contributed by atoms with E-state index in [9.17, 15) is 41.0 Å². The molecule has 4 rings (SSSR count). The highest BCUT2D eigenvalue weighted by molar-refractivity contribution is 6.06. The first kappa shape index (κ1) is 29.7. The number of carbonyl (C=O) groups excluding carboxylic acids is 2. The SMILES string of the molecule is CCCc1cc(C(O)(C(F)(F)F)C(F)(F)F)ccc1Oc1ccnc(CN2C(=O)NC(C)(c3cnccn3)C2=O)c1. The van der Waals surface area contributed by atoms with Crippen LogP contribution in [0.3, 0.4) is 0 Å². The van der Waals surface area contributed by atoms with E-state index >= 15 is 0 Å². The van der Waals surface area contributed by atoms with Gasteiger partial charge in [0.2, 0.25) is 0 Å². The van der Waals surface area contributed by atoms with Gasteiger partial charge in [-0.15, -0.1) is 0 Å². The molecule has 1 aliphatic heterocycles. The lowest BCUT2D eigenvalue weighted by Crippen LogP contribution is -2.53. The summed E-state index contributed by atoms with van der Waals surface area (Å²) in [4.78, 5) is 38.8. The molecule has 2 N–H and O–H groups in total. The van der Waals surface area contributed by atoms with E-state index in [0.717, 1.165) is 11.0 Å². The van der Waals surface area contributed by atoms with E-state index in [1.807, 2.05) is 0 Å². The van der Waals surface area contributed by atoms with Crippen molar-refractivity contribution >= 4 is 11.9 Å². The van der Waals surface area contributed by atoms with Crippen LogP contribution in [0.15, 0.2) is 55.1 Å². The van der Waals surface area contributed by atoms with Crippen LogP contribution in [0.2, 0.25) is 0 Å². The zero-order chi connectivity index (χ0) is 30.2. The first-order chi connectivity index (χ1) is 19.1. The largest absolute Gasteiger partial charge is 0.457 e. The van der Waals surface area contributed by atoms with Crippen LogP contribution >= 0.6 is 0 Å².